The fourth-order valence-electron chi connectivity index (χ4n) is 1.45. The summed E-state index contributed by atoms with van der Waals surface area (Å²) in [6, 6.07) is 3.31. The predicted molar refractivity (Wildman–Crippen MR) is 74.8 cm³/mol. The van der Waals surface area contributed by atoms with E-state index in [0.29, 0.717) is 0 Å². The van der Waals surface area contributed by atoms with Crippen LogP contribution in [0.5, 0.6) is 5.75 Å². The zero-order valence-electron chi connectivity index (χ0n) is 12.2. The molecule has 122 valence electrons. The number of nitrogens with two attached hydrogens (primary N) is 1. The number of hydrogen-bond acceptors (Lipinski definition) is 5. The number of amides is 1. The summed E-state index contributed by atoms with van der Waals surface area (Å²) in [6.45, 7) is 5.03. The van der Waals surface area contributed by atoms with E-state index in [0.717, 1.165) is 18.3 Å². The number of ether oxygens (including phenoxy) is 2. The number of carbonyl (C=O) groups excluding carboxylic acids is 1. The fourth-order valence-corrected chi connectivity index (χ4v) is 1.45. The van der Waals surface area contributed by atoms with E-state index in [1.54, 1.807) is 20.8 Å². The minimum Gasteiger partial charge on any atom is -0.444 e. The molecule has 1 amide bonds. The van der Waals surface area contributed by atoms with E-state index < -0.39 is 23.8 Å². The van der Waals surface area contributed by atoms with Gasteiger partial charge < -0.3 is 15.3 Å². The summed E-state index contributed by atoms with van der Waals surface area (Å²) >= 11 is 0. The van der Waals surface area contributed by atoms with Crippen LogP contribution in [-0.4, -0.2) is 24.3 Å². The molecule has 0 aliphatic carbocycles. The van der Waals surface area contributed by atoms with Gasteiger partial charge in [-0.05, 0) is 39.0 Å². The van der Waals surface area contributed by atoms with E-state index in [-0.39, 0.29) is 11.3 Å². The zero-order chi connectivity index (χ0) is 17.0. The lowest BCUT2D eigenvalue weighted by Gasteiger charge is -2.20. The van der Waals surface area contributed by atoms with Gasteiger partial charge in [-0.2, -0.15) is 5.10 Å². The Bertz CT molecular complexity index is 566. The molecule has 0 heterocycles. The molecular formula is C13H16F3N3O3. The standard InChI is InChI=1S/C13H16F3N3O3/c1-12(2,3)22-11(20)19-10-5-4-9(21-13(14,15)16)6-8(10)7-18-17/h4-7H,17H2,1-3H3,(H,19,20). The molecule has 0 bridgehead atoms. The van der Waals surface area contributed by atoms with Gasteiger partial charge in [-0.3, -0.25) is 5.32 Å². The minimum absolute atomic E-state index is 0.134. The highest BCUT2D eigenvalue weighted by Gasteiger charge is 2.31. The molecule has 0 spiro atoms. The van der Waals surface area contributed by atoms with Gasteiger partial charge in [0.05, 0.1) is 11.9 Å². The maximum Gasteiger partial charge on any atom is 0.573 e. The fraction of sp³-hybridized carbons (Fsp3) is 0.385. The second kappa shape index (κ2) is 6.54. The van der Waals surface area contributed by atoms with Crippen LogP contribution >= 0.6 is 0 Å². The average molecular weight is 319 g/mol. The zero-order valence-corrected chi connectivity index (χ0v) is 12.2. The number of anilines is 1. The largest absolute Gasteiger partial charge is 0.573 e. The van der Waals surface area contributed by atoms with Gasteiger partial charge in [0.25, 0.3) is 0 Å². The van der Waals surface area contributed by atoms with Crippen molar-refractivity contribution in [2.24, 2.45) is 10.9 Å². The lowest BCUT2D eigenvalue weighted by Crippen LogP contribution is -2.27. The predicted octanol–water partition coefficient (Wildman–Crippen LogP) is 3.22. The van der Waals surface area contributed by atoms with Crippen LogP contribution in [0.4, 0.5) is 23.7 Å². The van der Waals surface area contributed by atoms with E-state index in [4.69, 9.17) is 10.6 Å². The molecule has 1 rings (SSSR count). The first kappa shape index (κ1) is 17.6. The lowest BCUT2D eigenvalue weighted by molar-refractivity contribution is -0.274. The van der Waals surface area contributed by atoms with E-state index in [1.807, 2.05) is 0 Å². The van der Waals surface area contributed by atoms with Crippen molar-refractivity contribution in [3.63, 3.8) is 0 Å². The Hall–Kier alpha value is -2.45. The summed E-state index contributed by atoms with van der Waals surface area (Å²) in [6.07, 6.45) is -4.50. The molecule has 0 radical (unpaired) electrons. The van der Waals surface area contributed by atoms with Gasteiger partial charge >= 0.3 is 12.5 Å². The molecule has 1 aromatic rings. The smallest absolute Gasteiger partial charge is 0.444 e. The third-order valence-corrected chi connectivity index (χ3v) is 2.11. The van der Waals surface area contributed by atoms with Crippen LogP contribution in [0.1, 0.15) is 26.3 Å². The van der Waals surface area contributed by atoms with Gasteiger partial charge in [0.1, 0.15) is 11.4 Å². The Kier molecular flexibility index (Phi) is 5.23. The van der Waals surface area contributed by atoms with E-state index in [9.17, 15) is 18.0 Å². The summed E-state index contributed by atoms with van der Waals surface area (Å²) in [7, 11) is 0. The lowest BCUT2D eigenvalue weighted by atomic mass is 10.2. The summed E-state index contributed by atoms with van der Waals surface area (Å²) < 4.78 is 45.4. The van der Waals surface area contributed by atoms with Gasteiger partial charge in [0.15, 0.2) is 0 Å². The second-order valence-electron chi connectivity index (χ2n) is 5.20. The molecule has 22 heavy (non-hydrogen) atoms. The van der Waals surface area contributed by atoms with Crippen molar-refractivity contribution >= 4 is 18.0 Å². The average Bonchev–Trinajstić information content (AvgIpc) is 2.28. The Balaban J connectivity index is 2.98. The normalized spacial score (nSPS) is 12.3. The van der Waals surface area contributed by atoms with Crippen LogP contribution in [0.15, 0.2) is 23.3 Å². The molecule has 0 aliphatic heterocycles. The summed E-state index contributed by atoms with van der Waals surface area (Å²) in [5.41, 5.74) is -0.404. The molecular weight excluding hydrogens is 303 g/mol. The second-order valence-corrected chi connectivity index (χ2v) is 5.20. The van der Waals surface area contributed by atoms with Crippen molar-refractivity contribution < 1.29 is 27.4 Å². The maximum atomic E-state index is 12.2. The Morgan fingerprint density at radius 2 is 1.95 bits per heavy atom. The van der Waals surface area contributed by atoms with E-state index in [1.165, 1.54) is 6.07 Å². The molecule has 9 heteroatoms. The quantitative estimate of drug-likeness (QED) is 0.509. The summed E-state index contributed by atoms with van der Waals surface area (Å²) in [4.78, 5) is 11.7. The summed E-state index contributed by atoms with van der Waals surface area (Å²) in [5, 5.41) is 5.63. The SMILES string of the molecule is CC(C)(C)OC(=O)Nc1ccc(OC(F)(F)F)cc1C=NN. The third kappa shape index (κ3) is 6.33. The van der Waals surface area contributed by atoms with Gasteiger partial charge in [-0.15, -0.1) is 13.2 Å². The highest BCUT2D eigenvalue weighted by atomic mass is 19.4. The first-order chi connectivity index (χ1) is 10.00. The number of rotatable bonds is 3. The Labute approximate surface area is 125 Å². The molecule has 0 saturated heterocycles. The van der Waals surface area contributed by atoms with Gasteiger partial charge in [-0.1, -0.05) is 0 Å². The molecule has 1 aromatic carbocycles. The van der Waals surface area contributed by atoms with Crippen molar-refractivity contribution in [3.05, 3.63) is 23.8 Å². The van der Waals surface area contributed by atoms with Crippen LogP contribution < -0.4 is 15.9 Å². The highest BCUT2D eigenvalue weighted by Crippen LogP contribution is 2.26. The summed E-state index contributed by atoms with van der Waals surface area (Å²) in [5.74, 6) is 4.54. The van der Waals surface area contributed by atoms with E-state index >= 15 is 0 Å². The first-order valence-corrected chi connectivity index (χ1v) is 6.13. The number of carbonyl (C=O) groups is 1. The first-order valence-electron chi connectivity index (χ1n) is 6.13. The van der Waals surface area contributed by atoms with Crippen LogP contribution in [0.3, 0.4) is 0 Å². The molecule has 0 aliphatic rings. The van der Waals surface area contributed by atoms with Crippen LogP contribution in [0.2, 0.25) is 0 Å². The topological polar surface area (TPSA) is 85.9 Å². The molecule has 3 N–H and O–H groups in total. The van der Waals surface area contributed by atoms with Crippen molar-refractivity contribution in [1.82, 2.24) is 0 Å². The number of alkyl halides is 3. The number of nitrogens with one attached hydrogen (secondary N) is 1. The van der Waals surface area contributed by atoms with Crippen LogP contribution in [0, 0.1) is 0 Å². The molecule has 0 atom stereocenters. The third-order valence-electron chi connectivity index (χ3n) is 2.11. The number of hydrazone groups is 1. The van der Waals surface area contributed by atoms with Crippen molar-refractivity contribution in [1.29, 1.82) is 0 Å². The van der Waals surface area contributed by atoms with Gasteiger partial charge in [0, 0.05) is 5.56 Å². The van der Waals surface area contributed by atoms with Gasteiger partial charge in [0.2, 0.25) is 0 Å². The molecule has 0 saturated carbocycles. The number of hydrogen-bond donors (Lipinski definition) is 2. The van der Waals surface area contributed by atoms with Crippen molar-refractivity contribution in [2.45, 2.75) is 32.7 Å². The highest BCUT2D eigenvalue weighted by molar-refractivity contribution is 5.95. The number of nitrogens with zero attached hydrogens (tertiary/aromatic N) is 1. The van der Waals surface area contributed by atoms with Crippen LogP contribution in [-0.2, 0) is 4.74 Å². The Morgan fingerprint density at radius 1 is 1.32 bits per heavy atom. The maximum absolute atomic E-state index is 12.2. The number of halogens is 3. The monoisotopic (exact) mass is 319 g/mol. The van der Waals surface area contributed by atoms with Crippen molar-refractivity contribution in [2.75, 3.05) is 5.32 Å². The molecule has 0 unspecified atom stereocenters. The molecule has 6 nitrogen and oxygen atoms in total. The van der Waals surface area contributed by atoms with Crippen LogP contribution in [0.25, 0.3) is 0 Å². The molecule has 0 fully saturated rings. The molecule has 0 aromatic heterocycles. The minimum atomic E-state index is -4.82. The van der Waals surface area contributed by atoms with Crippen molar-refractivity contribution in [3.8, 4) is 5.75 Å². The van der Waals surface area contributed by atoms with Gasteiger partial charge in [-0.25, -0.2) is 4.79 Å². The number of benzene rings is 1. The van der Waals surface area contributed by atoms with E-state index in [2.05, 4.69) is 15.2 Å². The Morgan fingerprint density at radius 3 is 2.45 bits per heavy atom.